The maximum absolute atomic E-state index is 13.0. The monoisotopic (exact) mass is 384 g/mol. The lowest BCUT2D eigenvalue weighted by atomic mass is 10.2. The maximum atomic E-state index is 13.0. The molecule has 1 aliphatic heterocycles. The molecule has 25 heavy (non-hydrogen) atoms. The first-order chi connectivity index (χ1) is 11.8. The van der Waals surface area contributed by atoms with Crippen molar-refractivity contribution < 1.29 is 13.2 Å². The number of likely N-dealkylation sites (tertiary alicyclic amines) is 1. The van der Waals surface area contributed by atoms with Crippen LogP contribution < -0.4 is 4.72 Å². The summed E-state index contributed by atoms with van der Waals surface area (Å²) in [5.74, 6) is 0.158. The molecule has 1 aromatic rings. The summed E-state index contributed by atoms with van der Waals surface area (Å²) in [7, 11) is -3.60. The van der Waals surface area contributed by atoms with E-state index < -0.39 is 10.0 Å². The van der Waals surface area contributed by atoms with Crippen LogP contribution in [0.2, 0.25) is 0 Å². The van der Waals surface area contributed by atoms with Crippen molar-refractivity contribution in [2.75, 3.05) is 25.9 Å². The zero-order valence-corrected chi connectivity index (χ0v) is 16.9. The number of carbonyl (C=O) groups excluding carboxylic acids is 1. The van der Waals surface area contributed by atoms with Crippen molar-refractivity contribution in [1.29, 1.82) is 0 Å². The highest BCUT2D eigenvalue weighted by atomic mass is 32.2. The van der Waals surface area contributed by atoms with Gasteiger partial charge in [-0.1, -0.05) is 26.7 Å². The highest BCUT2D eigenvalue weighted by molar-refractivity contribution is 7.98. The van der Waals surface area contributed by atoms with Crippen molar-refractivity contribution >= 4 is 27.7 Å². The Labute approximate surface area is 155 Å². The molecule has 1 amide bonds. The maximum Gasteiger partial charge on any atom is 0.255 e. The molecule has 0 saturated carbocycles. The second kappa shape index (κ2) is 9.05. The number of hydrogen-bond acceptors (Lipinski definition) is 4. The Morgan fingerprint density at radius 2 is 1.84 bits per heavy atom. The molecular weight excluding hydrogens is 356 g/mol. The fourth-order valence-corrected chi connectivity index (χ4v) is 4.64. The van der Waals surface area contributed by atoms with Gasteiger partial charge in [-0.25, -0.2) is 13.1 Å². The molecule has 0 unspecified atom stereocenters. The summed E-state index contributed by atoms with van der Waals surface area (Å²) in [5, 5.41) is 0. The molecular formula is C18H28N2O3S2. The number of rotatable bonds is 6. The minimum absolute atomic E-state index is 0.0628. The van der Waals surface area contributed by atoms with Crippen LogP contribution in [0, 0.1) is 5.92 Å². The molecule has 0 aromatic heterocycles. The summed E-state index contributed by atoms with van der Waals surface area (Å²) in [6.07, 6.45) is 6.21. The summed E-state index contributed by atoms with van der Waals surface area (Å²) in [4.78, 5) is 15.8. The first kappa shape index (κ1) is 20.3. The van der Waals surface area contributed by atoms with Gasteiger partial charge in [-0.2, -0.15) is 0 Å². The number of nitrogens with zero attached hydrogens (tertiary/aromatic N) is 1. The van der Waals surface area contributed by atoms with E-state index in [1.807, 2.05) is 25.0 Å². The number of amides is 1. The van der Waals surface area contributed by atoms with Gasteiger partial charge in [0, 0.05) is 24.5 Å². The fourth-order valence-electron chi connectivity index (χ4n) is 2.83. The van der Waals surface area contributed by atoms with Crippen LogP contribution in [0.4, 0.5) is 0 Å². The van der Waals surface area contributed by atoms with Gasteiger partial charge in [-0.05, 0) is 43.2 Å². The molecule has 1 fully saturated rings. The van der Waals surface area contributed by atoms with E-state index in [9.17, 15) is 13.2 Å². The van der Waals surface area contributed by atoms with Gasteiger partial charge in [0.25, 0.3) is 5.91 Å². The molecule has 1 aliphatic rings. The van der Waals surface area contributed by atoms with E-state index in [1.165, 1.54) is 17.8 Å². The molecule has 2 rings (SSSR count). The van der Waals surface area contributed by atoms with Gasteiger partial charge in [-0.3, -0.25) is 4.79 Å². The summed E-state index contributed by atoms with van der Waals surface area (Å²) in [5.41, 5.74) is 0.488. The number of nitrogens with one attached hydrogen (secondary N) is 1. The molecule has 0 spiro atoms. The van der Waals surface area contributed by atoms with E-state index in [0.29, 0.717) is 12.1 Å². The Hall–Kier alpha value is -1.05. The number of sulfonamides is 1. The molecule has 7 heteroatoms. The van der Waals surface area contributed by atoms with Crippen molar-refractivity contribution in [2.45, 2.75) is 49.3 Å². The SMILES string of the molecule is CSc1ccc(S(=O)(=O)NCC(C)C)cc1C(=O)N1CCCCCC1. The first-order valence-electron chi connectivity index (χ1n) is 8.82. The van der Waals surface area contributed by atoms with Crippen LogP contribution in [0.5, 0.6) is 0 Å². The van der Waals surface area contributed by atoms with Crippen LogP contribution in [0.1, 0.15) is 49.9 Å². The van der Waals surface area contributed by atoms with Crippen LogP contribution in [0.3, 0.4) is 0 Å². The third-order valence-electron chi connectivity index (χ3n) is 4.29. The predicted molar refractivity (Wildman–Crippen MR) is 103 cm³/mol. The topological polar surface area (TPSA) is 66.5 Å². The van der Waals surface area contributed by atoms with Crippen molar-refractivity contribution in [3.05, 3.63) is 23.8 Å². The lowest BCUT2D eigenvalue weighted by Crippen LogP contribution is -2.32. The van der Waals surface area contributed by atoms with Gasteiger partial charge in [0.15, 0.2) is 0 Å². The second-order valence-electron chi connectivity index (χ2n) is 6.81. The molecule has 1 N–H and O–H groups in total. The molecule has 1 aromatic carbocycles. The van der Waals surface area contributed by atoms with Gasteiger partial charge in [0.2, 0.25) is 10.0 Å². The van der Waals surface area contributed by atoms with Crippen molar-refractivity contribution in [2.24, 2.45) is 5.92 Å². The lowest BCUT2D eigenvalue weighted by molar-refractivity contribution is 0.0758. The smallest absolute Gasteiger partial charge is 0.255 e. The summed E-state index contributed by atoms with van der Waals surface area (Å²) in [6, 6.07) is 4.84. The zero-order chi connectivity index (χ0) is 18.4. The molecule has 0 bridgehead atoms. The molecule has 0 radical (unpaired) electrons. The van der Waals surface area contributed by atoms with Gasteiger partial charge in [0.05, 0.1) is 10.5 Å². The molecule has 1 saturated heterocycles. The van der Waals surface area contributed by atoms with Gasteiger partial charge < -0.3 is 4.90 Å². The van der Waals surface area contributed by atoms with E-state index in [1.54, 1.807) is 12.1 Å². The minimum atomic E-state index is -3.60. The Morgan fingerprint density at radius 1 is 1.20 bits per heavy atom. The first-order valence-corrected chi connectivity index (χ1v) is 11.5. The lowest BCUT2D eigenvalue weighted by Gasteiger charge is -2.22. The van der Waals surface area contributed by atoms with E-state index in [4.69, 9.17) is 0 Å². The Bertz CT molecular complexity index is 694. The predicted octanol–water partition coefficient (Wildman–Crippen LogP) is 3.36. The minimum Gasteiger partial charge on any atom is -0.339 e. The summed E-state index contributed by atoms with van der Waals surface area (Å²) >= 11 is 1.47. The van der Waals surface area contributed by atoms with Crippen LogP contribution in [-0.4, -0.2) is 45.1 Å². The average molecular weight is 385 g/mol. The zero-order valence-electron chi connectivity index (χ0n) is 15.2. The quantitative estimate of drug-likeness (QED) is 0.764. The summed E-state index contributed by atoms with van der Waals surface area (Å²) in [6.45, 7) is 5.77. The van der Waals surface area contributed by atoms with Crippen molar-refractivity contribution in [3.8, 4) is 0 Å². The molecule has 5 nitrogen and oxygen atoms in total. The average Bonchev–Trinajstić information content (AvgIpc) is 2.88. The number of thioether (sulfide) groups is 1. The Balaban J connectivity index is 2.31. The third kappa shape index (κ3) is 5.46. The highest BCUT2D eigenvalue weighted by Gasteiger charge is 2.23. The van der Waals surface area contributed by atoms with Crippen LogP contribution >= 0.6 is 11.8 Å². The molecule has 1 heterocycles. The summed E-state index contributed by atoms with van der Waals surface area (Å²) < 4.78 is 27.6. The Kier molecular flexibility index (Phi) is 7.34. The van der Waals surface area contributed by atoms with E-state index >= 15 is 0 Å². The third-order valence-corrected chi connectivity index (χ3v) is 6.50. The highest BCUT2D eigenvalue weighted by Crippen LogP contribution is 2.26. The molecule has 140 valence electrons. The molecule has 0 atom stereocenters. The largest absolute Gasteiger partial charge is 0.339 e. The van der Waals surface area contributed by atoms with Crippen molar-refractivity contribution in [3.63, 3.8) is 0 Å². The van der Waals surface area contributed by atoms with Gasteiger partial charge in [0.1, 0.15) is 0 Å². The van der Waals surface area contributed by atoms with Crippen LogP contribution in [0.25, 0.3) is 0 Å². The van der Waals surface area contributed by atoms with Gasteiger partial charge >= 0.3 is 0 Å². The van der Waals surface area contributed by atoms with Crippen molar-refractivity contribution in [1.82, 2.24) is 9.62 Å². The fraction of sp³-hybridized carbons (Fsp3) is 0.611. The van der Waals surface area contributed by atoms with Gasteiger partial charge in [-0.15, -0.1) is 11.8 Å². The van der Waals surface area contributed by atoms with E-state index in [2.05, 4.69) is 4.72 Å². The normalized spacial score (nSPS) is 16.1. The second-order valence-corrected chi connectivity index (χ2v) is 9.43. The standard InChI is InChI=1S/C18H28N2O3S2/c1-14(2)13-19-25(22,23)15-8-9-17(24-3)16(12-15)18(21)20-10-6-4-5-7-11-20/h8-9,12,14,19H,4-7,10-11,13H2,1-3H3. The number of benzene rings is 1. The van der Waals surface area contributed by atoms with E-state index in [-0.39, 0.29) is 16.7 Å². The van der Waals surface area contributed by atoms with Crippen LogP contribution in [-0.2, 0) is 10.0 Å². The van der Waals surface area contributed by atoms with E-state index in [0.717, 1.165) is 43.7 Å². The number of carbonyl (C=O) groups is 1. The van der Waals surface area contributed by atoms with Crippen LogP contribution in [0.15, 0.2) is 28.0 Å². The number of hydrogen-bond donors (Lipinski definition) is 1. The Morgan fingerprint density at radius 3 is 2.40 bits per heavy atom. The molecule has 0 aliphatic carbocycles.